The van der Waals surface area contributed by atoms with E-state index >= 15 is 0 Å². The maximum absolute atomic E-state index is 4.58. The molecular formula is C13H17NS. The highest BCUT2D eigenvalue weighted by Gasteiger charge is 2.16. The van der Waals surface area contributed by atoms with Gasteiger partial charge in [-0.25, -0.2) is 0 Å². The quantitative estimate of drug-likeness (QED) is 0.646. The van der Waals surface area contributed by atoms with Crippen LogP contribution < -0.4 is 0 Å². The van der Waals surface area contributed by atoms with E-state index < -0.39 is 0 Å². The molecule has 2 aromatic rings. The van der Waals surface area contributed by atoms with E-state index in [1.54, 1.807) is 0 Å². The summed E-state index contributed by atoms with van der Waals surface area (Å²) in [6.07, 6.45) is 2.02. The lowest BCUT2D eigenvalue weighted by molar-refractivity contribution is 0.589. The van der Waals surface area contributed by atoms with Crippen LogP contribution in [0.3, 0.4) is 0 Å². The number of thiophene rings is 1. The van der Waals surface area contributed by atoms with Gasteiger partial charge >= 0.3 is 0 Å². The van der Waals surface area contributed by atoms with E-state index in [0.29, 0.717) is 0 Å². The average Bonchev–Trinajstić information content (AvgIpc) is 2.41. The van der Waals surface area contributed by atoms with Crippen molar-refractivity contribution in [3.05, 3.63) is 28.3 Å². The van der Waals surface area contributed by atoms with Gasteiger partial charge in [0.05, 0.1) is 10.2 Å². The minimum absolute atomic E-state index is 0.187. The SMILES string of the molecule is Cc1sc2cc(C(C)(C)C)cnc2c1C. The fourth-order valence-corrected chi connectivity index (χ4v) is 2.69. The van der Waals surface area contributed by atoms with Crippen molar-refractivity contribution in [3.63, 3.8) is 0 Å². The van der Waals surface area contributed by atoms with Crippen LogP contribution in [0.15, 0.2) is 12.3 Å². The van der Waals surface area contributed by atoms with Gasteiger partial charge in [0.15, 0.2) is 0 Å². The van der Waals surface area contributed by atoms with Gasteiger partial charge in [-0.2, -0.15) is 0 Å². The van der Waals surface area contributed by atoms with E-state index in [1.807, 2.05) is 17.5 Å². The van der Waals surface area contributed by atoms with Gasteiger partial charge in [-0.3, -0.25) is 4.98 Å². The first kappa shape index (κ1) is 10.6. The molecule has 1 nitrogen and oxygen atoms in total. The minimum Gasteiger partial charge on any atom is -0.255 e. The summed E-state index contributed by atoms with van der Waals surface area (Å²) in [6.45, 7) is 11.0. The third-order valence-corrected chi connectivity index (χ3v) is 4.01. The summed E-state index contributed by atoms with van der Waals surface area (Å²) < 4.78 is 1.32. The summed E-state index contributed by atoms with van der Waals surface area (Å²) in [4.78, 5) is 5.96. The highest BCUT2D eigenvalue weighted by atomic mass is 32.1. The molecule has 0 amide bonds. The molecule has 0 unspecified atom stereocenters. The highest BCUT2D eigenvalue weighted by molar-refractivity contribution is 7.19. The average molecular weight is 219 g/mol. The Balaban J connectivity index is 2.67. The third kappa shape index (κ3) is 1.78. The number of aryl methyl sites for hydroxylation is 2. The molecule has 0 bridgehead atoms. The zero-order valence-corrected chi connectivity index (χ0v) is 10.8. The molecule has 80 valence electrons. The van der Waals surface area contributed by atoms with Crippen molar-refractivity contribution in [2.45, 2.75) is 40.0 Å². The second-order valence-corrected chi connectivity index (χ2v) is 6.36. The van der Waals surface area contributed by atoms with Crippen LogP contribution in [0.5, 0.6) is 0 Å². The smallest absolute Gasteiger partial charge is 0.0841 e. The van der Waals surface area contributed by atoms with Crippen LogP contribution >= 0.6 is 11.3 Å². The predicted molar refractivity (Wildman–Crippen MR) is 67.8 cm³/mol. The van der Waals surface area contributed by atoms with Gasteiger partial charge in [-0.05, 0) is 36.5 Å². The number of aromatic nitrogens is 1. The van der Waals surface area contributed by atoms with E-state index in [1.165, 1.54) is 26.2 Å². The molecule has 0 spiro atoms. The first-order chi connectivity index (χ1) is 6.89. The number of pyridine rings is 1. The zero-order chi connectivity index (χ0) is 11.2. The normalized spacial score (nSPS) is 12.3. The Hall–Kier alpha value is -0.890. The Morgan fingerprint density at radius 3 is 2.47 bits per heavy atom. The van der Waals surface area contributed by atoms with E-state index in [4.69, 9.17) is 0 Å². The molecule has 0 aliphatic rings. The summed E-state index contributed by atoms with van der Waals surface area (Å²) in [5.41, 5.74) is 4.00. The van der Waals surface area contributed by atoms with Crippen molar-refractivity contribution in [1.29, 1.82) is 0 Å². The maximum atomic E-state index is 4.58. The zero-order valence-electron chi connectivity index (χ0n) is 10.0. The molecule has 0 saturated heterocycles. The number of hydrogen-bond acceptors (Lipinski definition) is 2. The van der Waals surface area contributed by atoms with Gasteiger partial charge in [0.1, 0.15) is 0 Å². The monoisotopic (exact) mass is 219 g/mol. The lowest BCUT2D eigenvalue weighted by atomic mass is 9.88. The van der Waals surface area contributed by atoms with Gasteiger partial charge in [-0.15, -0.1) is 11.3 Å². The van der Waals surface area contributed by atoms with Crippen LogP contribution in [0.2, 0.25) is 0 Å². The number of rotatable bonds is 0. The molecule has 2 rings (SSSR count). The Morgan fingerprint density at radius 1 is 1.20 bits per heavy atom. The second kappa shape index (κ2) is 3.31. The van der Waals surface area contributed by atoms with Crippen LogP contribution in [-0.4, -0.2) is 4.98 Å². The van der Waals surface area contributed by atoms with E-state index in [2.05, 4.69) is 45.7 Å². The molecule has 0 radical (unpaired) electrons. The van der Waals surface area contributed by atoms with E-state index in [0.717, 1.165) is 0 Å². The number of hydrogen-bond donors (Lipinski definition) is 0. The van der Waals surface area contributed by atoms with Crippen molar-refractivity contribution in [2.24, 2.45) is 0 Å². The van der Waals surface area contributed by atoms with Crippen LogP contribution in [0.4, 0.5) is 0 Å². The third-order valence-electron chi connectivity index (χ3n) is 2.87. The fraction of sp³-hybridized carbons (Fsp3) is 0.462. The standard InChI is InChI=1S/C13H17NS/c1-8-9(2)15-11-6-10(13(3,4)5)7-14-12(8)11/h6-7H,1-5H3. The van der Waals surface area contributed by atoms with Crippen LogP contribution in [-0.2, 0) is 5.41 Å². The molecule has 0 aliphatic carbocycles. The summed E-state index contributed by atoms with van der Waals surface area (Å²) in [5.74, 6) is 0. The molecule has 0 fully saturated rings. The number of fused-ring (bicyclic) bond motifs is 1. The van der Waals surface area contributed by atoms with E-state index in [9.17, 15) is 0 Å². The molecule has 2 aromatic heterocycles. The molecule has 0 aromatic carbocycles. The van der Waals surface area contributed by atoms with Crippen LogP contribution in [0.25, 0.3) is 10.2 Å². The van der Waals surface area contributed by atoms with Crippen molar-refractivity contribution >= 4 is 21.6 Å². The summed E-state index contributed by atoms with van der Waals surface area (Å²) in [7, 11) is 0. The van der Waals surface area contributed by atoms with E-state index in [-0.39, 0.29) is 5.41 Å². The van der Waals surface area contributed by atoms with Crippen molar-refractivity contribution in [3.8, 4) is 0 Å². The molecule has 0 saturated carbocycles. The second-order valence-electron chi connectivity index (χ2n) is 5.10. The Morgan fingerprint density at radius 2 is 1.87 bits per heavy atom. The Kier molecular flexibility index (Phi) is 2.34. The molecule has 2 heterocycles. The Bertz CT molecular complexity index is 503. The molecule has 0 N–H and O–H groups in total. The van der Waals surface area contributed by atoms with Gasteiger partial charge in [-0.1, -0.05) is 20.8 Å². The molecule has 2 heteroatoms. The first-order valence-corrected chi connectivity index (χ1v) is 6.07. The molecular weight excluding hydrogens is 202 g/mol. The summed E-state index contributed by atoms with van der Waals surface area (Å²) in [6, 6.07) is 2.28. The van der Waals surface area contributed by atoms with Crippen molar-refractivity contribution in [1.82, 2.24) is 4.98 Å². The molecule has 15 heavy (non-hydrogen) atoms. The summed E-state index contributed by atoms with van der Waals surface area (Å²) in [5, 5.41) is 0. The fourth-order valence-electron chi connectivity index (χ4n) is 1.62. The molecule has 0 aliphatic heterocycles. The lowest BCUT2D eigenvalue weighted by Crippen LogP contribution is -2.10. The van der Waals surface area contributed by atoms with Gasteiger partial charge in [0, 0.05) is 11.1 Å². The predicted octanol–water partition coefficient (Wildman–Crippen LogP) is 4.21. The molecule has 0 atom stereocenters. The van der Waals surface area contributed by atoms with Crippen molar-refractivity contribution < 1.29 is 0 Å². The van der Waals surface area contributed by atoms with Crippen LogP contribution in [0.1, 0.15) is 36.8 Å². The van der Waals surface area contributed by atoms with Crippen molar-refractivity contribution in [2.75, 3.05) is 0 Å². The largest absolute Gasteiger partial charge is 0.255 e. The Labute approximate surface area is 95.2 Å². The highest BCUT2D eigenvalue weighted by Crippen LogP contribution is 2.32. The topological polar surface area (TPSA) is 12.9 Å². The van der Waals surface area contributed by atoms with Gasteiger partial charge in [0.25, 0.3) is 0 Å². The van der Waals surface area contributed by atoms with Gasteiger partial charge < -0.3 is 0 Å². The van der Waals surface area contributed by atoms with Gasteiger partial charge in [0.2, 0.25) is 0 Å². The minimum atomic E-state index is 0.187. The summed E-state index contributed by atoms with van der Waals surface area (Å²) >= 11 is 1.85. The lowest BCUT2D eigenvalue weighted by Gasteiger charge is -2.18. The van der Waals surface area contributed by atoms with Crippen LogP contribution in [0, 0.1) is 13.8 Å². The maximum Gasteiger partial charge on any atom is 0.0841 e. The first-order valence-electron chi connectivity index (χ1n) is 5.26. The number of nitrogens with zero attached hydrogens (tertiary/aromatic N) is 1.